The van der Waals surface area contributed by atoms with E-state index in [9.17, 15) is 4.79 Å². The van der Waals surface area contributed by atoms with Crippen molar-refractivity contribution in [2.24, 2.45) is 5.92 Å². The molecule has 4 heteroatoms. The first-order chi connectivity index (χ1) is 9.81. The van der Waals surface area contributed by atoms with Crippen molar-refractivity contribution in [3.8, 4) is 0 Å². The summed E-state index contributed by atoms with van der Waals surface area (Å²) >= 11 is 0. The third kappa shape index (κ3) is 3.74. The van der Waals surface area contributed by atoms with Crippen LogP contribution in [0, 0.1) is 5.92 Å². The molecule has 1 fully saturated rings. The lowest BCUT2D eigenvalue weighted by Crippen LogP contribution is -2.29. The molecule has 1 atom stereocenters. The normalized spacial score (nSPS) is 18.9. The van der Waals surface area contributed by atoms with Gasteiger partial charge in [-0.25, -0.2) is 4.98 Å². The number of carbonyl (C=O) groups excluding carboxylic acids is 1. The van der Waals surface area contributed by atoms with Crippen LogP contribution in [0.15, 0.2) is 12.1 Å². The Hall–Kier alpha value is -1.58. The van der Waals surface area contributed by atoms with Gasteiger partial charge >= 0.3 is 0 Å². The number of aromatic nitrogens is 1. The number of likely N-dealkylation sites (tertiary alicyclic amines) is 1. The van der Waals surface area contributed by atoms with Crippen molar-refractivity contribution in [2.75, 3.05) is 25.0 Å². The summed E-state index contributed by atoms with van der Waals surface area (Å²) in [5, 5.41) is 3.23. The average molecular weight is 289 g/mol. The predicted octanol–water partition coefficient (Wildman–Crippen LogP) is 3.29. The highest BCUT2D eigenvalue weighted by Crippen LogP contribution is 2.25. The summed E-state index contributed by atoms with van der Waals surface area (Å²) in [5.74, 6) is 1.53. The predicted molar refractivity (Wildman–Crippen MR) is 86.8 cm³/mol. The summed E-state index contributed by atoms with van der Waals surface area (Å²) in [5.41, 5.74) is 1.63. The minimum atomic E-state index is -0.0707. The maximum atomic E-state index is 12.7. The fraction of sp³-hybridized carbons (Fsp3) is 0.647. The van der Waals surface area contributed by atoms with Gasteiger partial charge in [0.25, 0.3) is 5.91 Å². The van der Waals surface area contributed by atoms with Crippen molar-refractivity contribution in [1.82, 2.24) is 9.88 Å². The van der Waals surface area contributed by atoms with Gasteiger partial charge in [-0.3, -0.25) is 4.79 Å². The van der Waals surface area contributed by atoms with Crippen LogP contribution in [-0.2, 0) is 5.41 Å². The van der Waals surface area contributed by atoms with Gasteiger partial charge in [-0.2, -0.15) is 0 Å². The third-order valence-corrected chi connectivity index (χ3v) is 3.91. The largest absolute Gasteiger partial charge is 0.370 e. The molecule has 0 spiro atoms. The Bertz CT molecular complexity index is 519. The summed E-state index contributed by atoms with van der Waals surface area (Å²) in [6.45, 7) is 13.1. The first-order valence-corrected chi connectivity index (χ1v) is 7.87. The zero-order valence-electron chi connectivity index (χ0n) is 13.9. The molecule has 2 rings (SSSR count). The lowest BCUT2D eigenvalue weighted by molar-refractivity contribution is 0.0788. The summed E-state index contributed by atoms with van der Waals surface area (Å²) in [4.78, 5) is 19.3. The number of anilines is 1. The summed E-state index contributed by atoms with van der Waals surface area (Å²) in [7, 11) is 0. The topological polar surface area (TPSA) is 45.2 Å². The summed E-state index contributed by atoms with van der Waals surface area (Å²) in [6.07, 6.45) is 1.10. The zero-order valence-corrected chi connectivity index (χ0v) is 13.9. The van der Waals surface area contributed by atoms with Crippen LogP contribution < -0.4 is 5.32 Å². The van der Waals surface area contributed by atoms with Crippen LogP contribution in [0.25, 0.3) is 0 Å². The Morgan fingerprint density at radius 2 is 2.14 bits per heavy atom. The Morgan fingerprint density at radius 1 is 1.43 bits per heavy atom. The van der Waals surface area contributed by atoms with Crippen LogP contribution in [0.3, 0.4) is 0 Å². The lowest BCUT2D eigenvalue weighted by atomic mass is 9.90. The molecule has 1 aliphatic heterocycles. The van der Waals surface area contributed by atoms with E-state index < -0.39 is 0 Å². The van der Waals surface area contributed by atoms with Crippen LogP contribution in [0.1, 0.15) is 57.1 Å². The molecule has 1 aromatic heterocycles. The first kappa shape index (κ1) is 15.8. The SMILES string of the molecule is CCNc1cc(C(=O)N2CCC(C)C2)cc(C(C)(C)C)n1. The van der Waals surface area contributed by atoms with Crippen LogP contribution >= 0.6 is 0 Å². The number of rotatable bonds is 3. The number of hydrogen-bond donors (Lipinski definition) is 1. The fourth-order valence-corrected chi connectivity index (χ4v) is 2.61. The van der Waals surface area contributed by atoms with E-state index in [1.165, 1.54) is 0 Å². The second-order valence-electron chi connectivity index (χ2n) is 7.05. The second-order valence-corrected chi connectivity index (χ2v) is 7.05. The van der Waals surface area contributed by atoms with Gasteiger partial charge in [0.15, 0.2) is 0 Å². The van der Waals surface area contributed by atoms with E-state index in [1.54, 1.807) is 0 Å². The van der Waals surface area contributed by atoms with Crippen molar-refractivity contribution in [3.05, 3.63) is 23.4 Å². The van der Waals surface area contributed by atoms with Crippen LogP contribution in [0.4, 0.5) is 5.82 Å². The van der Waals surface area contributed by atoms with Gasteiger partial charge in [-0.05, 0) is 31.4 Å². The van der Waals surface area contributed by atoms with Gasteiger partial charge in [0, 0.05) is 36.3 Å². The highest BCUT2D eigenvalue weighted by atomic mass is 16.2. The van der Waals surface area contributed by atoms with E-state index in [1.807, 2.05) is 24.0 Å². The molecule has 1 N–H and O–H groups in total. The molecule has 1 aromatic rings. The molecule has 0 aromatic carbocycles. The van der Waals surface area contributed by atoms with Gasteiger partial charge in [-0.15, -0.1) is 0 Å². The standard InChI is InChI=1S/C17H27N3O/c1-6-18-15-10-13(9-14(19-15)17(3,4)5)16(21)20-8-7-12(2)11-20/h9-10,12H,6-8,11H2,1-5H3,(H,18,19). The number of amides is 1. The van der Waals surface area contributed by atoms with Crippen LogP contribution in [0.2, 0.25) is 0 Å². The molecule has 0 radical (unpaired) electrons. The molecule has 0 saturated carbocycles. The van der Waals surface area contributed by atoms with E-state index in [0.717, 1.165) is 43.1 Å². The number of hydrogen-bond acceptors (Lipinski definition) is 3. The summed E-state index contributed by atoms with van der Waals surface area (Å²) < 4.78 is 0. The van der Waals surface area contributed by atoms with Crippen molar-refractivity contribution < 1.29 is 4.79 Å². The zero-order chi connectivity index (χ0) is 15.6. The van der Waals surface area contributed by atoms with Crippen molar-refractivity contribution in [1.29, 1.82) is 0 Å². The van der Waals surface area contributed by atoms with Crippen LogP contribution in [-0.4, -0.2) is 35.4 Å². The molecular weight excluding hydrogens is 262 g/mol. The van der Waals surface area contributed by atoms with E-state index in [-0.39, 0.29) is 11.3 Å². The van der Waals surface area contributed by atoms with Crippen LogP contribution in [0.5, 0.6) is 0 Å². The number of carbonyl (C=O) groups is 1. The lowest BCUT2D eigenvalue weighted by Gasteiger charge is -2.22. The third-order valence-electron chi connectivity index (χ3n) is 3.91. The minimum absolute atomic E-state index is 0.0707. The van der Waals surface area contributed by atoms with E-state index in [2.05, 4.69) is 38.0 Å². The van der Waals surface area contributed by atoms with Crippen molar-refractivity contribution in [2.45, 2.75) is 46.5 Å². The quantitative estimate of drug-likeness (QED) is 0.928. The average Bonchev–Trinajstić information content (AvgIpc) is 2.83. The van der Waals surface area contributed by atoms with E-state index in [0.29, 0.717) is 5.92 Å². The molecule has 1 amide bonds. The van der Waals surface area contributed by atoms with E-state index >= 15 is 0 Å². The second kappa shape index (κ2) is 6.04. The molecule has 116 valence electrons. The molecule has 0 aliphatic carbocycles. The smallest absolute Gasteiger partial charge is 0.254 e. The molecule has 0 bridgehead atoms. The highest BCUT2D eigenvalue weighted by Gasteiger charge is 2.26. The molecule has 1 unspecified atom stereocenters. The van der Waals surface area contributed by atoms with Gasteiger partial charge in [-0.1, -0.05) is 27.7 Å². The Morgan fingerprint density at radius 3 is 2.67 bits per heavy atom. The molecule has 4 nitrogen and oxygen atoms in total. The number of nitrogens with zero attached hydrogens (tertiary/aromatic N) is 2. The maximum Gasteiger partial charge on any atom is 0.254 e. The Labute approximate surface area is 127 Å². The minimum Gasteiger partial charge on any atom is -0.370 e. The van der Waals surface area contributed by atoms with Gasteiger partial charge in [0.1, 0.15) is 5.82 Å². The Kier molecular flexibility index (Phi) is 4.55. The number of nitrogens with one attached hydrogen (secondary N) is 1. The van der Waals surface area contributed by atoms with E-state index in [4.69, 9.17) is 0 Å². The first-order valence-electron chi connectivity index (χ1n) is 7.87. The highest BCUT2D eigenvalue weighted by molar-refractivity contribution is 5.95. The maximum absolute atomic E-state index is 12.7. The van der Waals surface area contributed by atoms with Crippen molar-refractivity contribution >= 4 is 11.7 Å². The van der Waals surface area contributed by atoms with Gasteiger partial charge in [0.05, 0.1) is 0 Å². The molecule has 1 aliphatic rings. The molecule has 1 saturated heterocycles. The monoisotopic (exact) mass is 289 g/mol. The van der Waals surface area contributed by atoms with Gasteiger partial charge < -0.3 is 10.2 Å². The summed E-state index contributed by atoms with van der Waals surface area (Å²) in [6, 6.07) is 3.83. The molecular formula is C17H27N3O. The Balaban J connectivity index is 2.33. The van der Waals surface area contributed by atoms with Crippen molar-refractivity contribution in [3.63, 3.8) is 0 Å². The molecule has 2 heterocycles. The molecule has 21 heavy (non-hydrogen) atoms. The fourth-order valence-electron chi connectivity index (χ4n) is 2.61. The number of pyridine rings is 1. The van der Waals surface area contributed by atoms with Gasteiger partial charge in [0.2, 0.25) is 0 Å².